The summed E-state index contributed by atoms with van der Waals surface area (Å²) in [5, 5.41) is 19.8. The molecule has 0 aromatic heterocycles. The molecule has 1 aromatic carbocycles. The summed E-state index contributed by atoms with van der Waals surface area (Å²) in [6.07, 6.45) is 0. The van der Waals surface area contributed by atoms with E-state index >= 15 is 0 Å². The Kier molecular flexibility index (Phi) is 4.98. The lowest BCUT2D eigenvalue weighted by Crippen LogP contribution is -2.38. The average molecular weight is 288 g/mol. The highest BCUT2D eigenvalue weighted by atomic mass is 32.2. The van der Waals surface area contributed by atoms with Crippen molar-refractivity contribution in [3.8, 4) is 0 Å². The van der Waals surface area contributed by atoms with E-state index in [9.17, 15) is 18.5 Å². The highest BCUT2D eigenvalue weighted by molar-refractivity contribution is 7.89. The molecule has 19 heavy (non-hydrogen) atoms. The molecular formula is C11H16N2O5S. The van der Waals surface area contributed by atoms with Crippen LogP contribution in [0.1, 0.15) is 13.8 Å². The lowest BCUT2D eigenvalue weighted by molar-refractivity contribution is -0.387. The molecule has 0 saturated carbocycles. The molecule has 0 aliphatic heterocycles. The Morgan fingerprint density at radius 3 is 2.47 bits per heavy atom. The molecule has 2 unspecified atom stereocenters. The summed E-state index contributed by atoms with van der Waals surface area (Å²) in [6.45, 7) is 3.08. The minimum Gasteiger partial charge on any atom is -0.396 e. The minimum absolute atomic E-state index is 0.180. The number of rotatable bonds is 6. The zero-order chi connectivity index (χ0) is 14.6. The third-order valence-electron chi connectivity index (χ3n) is 2.83. The van der Waals surface area contributed by atoms with Crippen molar-refractivity contribution >= 4 is 15.7 Å². The Labute approximate surface area is 111 Å². The van der Waals surface area contributed by atoms with Gasteiger partial charge in [-0.2, -0.15) is 0 Å². The fraction of sp³-hybridized carbons (Fsp3) is 0.455. The SMILES string of the molecule is CC(CO)C(C)NS(=O)(=O)c1ccccc1[N+](=O)[O-]. The van der Waals surface area contributed by atoms with Crippen molar-refractivity contribution in [2.24, 2.45) is 5.92 Å². The molecule has 0 spiro atoms. The summed E-state index contributed by atoms with van der Waals surface area (Å²) < 4.78 is 26.5. The van der Waals surface area contributed by atoms with Crippen molar-refractivity contribution in [3.63, 3.8) is 0 Å². The number of nitro groups is 1. The van der Waals surface area contributed by atoms with Gasteiger partial charge in [-0.3, -0.25) is 10.1 Å². The molecule has 0 fully saturated rings. The van der Waals surface area contributed by atoms with Gasteiger partial charge in [-0.1, -0.05) is 19.1 Å². The van der Waals surface area contributed by atoms with Crippen molar-refractivity contribution in [1.29, 1.82) is 0 Å². The molecule has 8 heteroatoms. The molecule has 106 valence electrons. The van der Waals surface area contributed by atoms with Crippen molar-refractivity contribution in [1.82, 2.24) is 4.72 Å². The second-order valence-corrected chi connectivity index (χ2v) is 5.98. The Morgan fingerprint density at radius 1 is 1.37 bits per heavy atom. The number of aliphatic hydroxyl groups excluding tert-OH is 1. The first-order chi connectivity index (χ1) is 8.79. The van der Waals surface area contributed by atoms with Gasteiger partial charge in [0.1, 0.15) is 0 Å². The Bertz CT molecular complexity index is 558. The number of aliphatic hydroxyl groups is 1. The van der Waals surface area contributed by atoms with Gasteiger partial charge < -0.3 is 5.11 Å². The maximum atomic E-state index is 12.1. The molecule has 1 rings (SSSR count). The van der Waals surface area contributed by atoms with Crippen molar-refractivity contribution in [2.75, 3.05) is 6.61 Å². The van der Waals surface area contributed by atoms with Crippen LogP contribution in [-0.4, -0.2) is 31.1 Å². The first-order valence-corrected chi connectivity index (χ1v) is 7.14. The predicted molar refractivity (Wildman–Crippen MR) is 69.1 cm³/mol. The van der Waals surface area contributed by atoms with E-state index in [0.29, 0.717) is 0 Å². The number of sulfonamides is 1. The van der Waals surface area contributed by atoms with E-state index in [4.69, 9.17) is 5.11 Å². The standard InChI is InChI=1S/C11H16N2O5S/c1-8(7-14)9(2)12-19(17,18)11-6-4-3-5-10(11)13(15)16/h3-6,8-9,12,14H,7H2,1-2H3. The quantitative estimate of drug-likeness (QED) is 0.596. The van der Waals surface area contributed by atoms with Crippen LogP contribution in [0.25, 0.3) is 0 Å². The van der Waals surface area contributed by atoms with Crippen LogP contribution in [0.15, 0.2) is 29.2 Å². The molecule has 2 N–H and O–H groups in total. The molecular weight excluding hydrogens is 272 g/mol. The predicted octanol–water partition coefficient (Wildman–Crippen LogP) is 0.890. The van der Waals surface area contributed by atoms with E-state index in [-0.39, 0.29) is 17.4 Å². The lowest BCUT2D eigenvalue weighted by atomic mass is 10.1. The van der Waals surface area contributed by atoms with Crippen LogP contribution in [0, 0.1) is 16.0 Å². The van der Waals surface area contributed by atoms with Gasteiger partial charge in [0.15, 0.2) is 4.90 Å². The first kappa shape index (κ1) is 15.5. The maximum Gasteiger partial charge on any atom is 0.289 e. The van der Waals surface area contributed by atoms with E-state index in [1.165, 1.54) is 18.2 Å². The zero-order valence-corrected chi connectivity index (χ0v) is 11.4. The largest absolute Gasteiger partial charge is 0.396 e. The monoisotopic (exact) mass is 288 g/mol. The molecule has 0 bridgehead atoms. The van der Waals surface area contributed by atoms with Crippen LogP contribution in [0.3, 0.4) is 0 Å². The normalized spacial score (nSPS) is 14.9. The Hall–Kier alpha value is -1.51. The van der Waals surface area contributed by atoms with Crippen LogP contribution < -0.4 is 4.72 Å². The highest BCUT2D eigenvalue weighted by Gasteiger charge is 2.27. The molecule has 0 heterocycles. The summed E-state index contributed by atoms with van der Waals surface area (Å²) in [5.41, 5.74) is -0.473. The highest BCUT2D eigenvalue weighted by Crippen LogP contribution is 2.23. The van der Waals surface area contributed by atoms with Gasteiger partial charge >= 0.3 is 0 Å². The van der Waals surface area contributed by atoms with Crippen molar-refractivity contribution in [2.45, 2.75) is 24.8 Å². The number of hydrogen-bond donors (Lipinski definition) is 2. The van der Waals surface area contributed by atoms with E-state index in [1.807, 2.05) is 0 Å². The maximum absolute atomic E-state index is 12.1. The summed E-state index contributed by atoms with van der Waals surface area (Å²) in [5.74, 6) is -0.294. The van der Waals surface area contributed by atoms with Crippen LogP contribution in [0.4, 0.5) is 5.69 Å². The van der Waals surface area contributed by atoms with Crippen LogP contribution in [0.2, 0.25) is 0 Å². The summed E-state index contributed by atoms with van der Waals surface area (Å²) >= 11 is 0. The zero-order valence-electron chi connectivity index (χ0n) is 10.6. The molecule has 0 aliphatic carbocycles. The molecule has 2 atom stereocenters. The van der Waals surface area contributed by atoms with E-state index in [2.05, 4.69) is 4.72 Å². The number of nitro benzene ring substituents is 1. The van der Waals surface area contributed by atoms with Gasteiger partial charge in [-0.25, -0.2) is 13.1 Å². The summed E-state index contributed by atoms with van der Waals surface area (Å²) in [6, 6.07) is 4.60. The lowest BCUT2D eigenvalue weighted by Gasteiger charge is -2.19. The van der Waals surface area contributed by atoms with Gasteiger partial charge in [0.2, 0.25) is 10.0 Å². The average Bonchev–Trinajstić information content (AvgIpc) is 2.37. The number of nitrogens with zero attached hydrogens (tertiary/aromatic N) is 1. The van der Waals surface area contributed by atoms with Gasteiger partial charge in [-0.15, -0.1) is 0 Å². The van der Waals surface area contributed by atoms with Crippen LogP contribution in [0.5, 0.6) is 0 Å². The third-order valence-corrected chi connectivity index (χ3v) is 4.44. The number of para-hydroxylation sites is 1. The molecule has 7 nitrogen and oxygen atoms in total. The van der Waals surface area contributed by atoms with Crippen LogP contribution in [-0.2, 0) is 10.0 Å². The molecule has 1 aromatic rings. The van der Waals surface area contributed by atoms with Crippen molar-refractivity contribution < 1.29 is 18.4 Å². The van der Waals surface area contributed by atoms with Crippen molar-refractivity contribution in [3.05, 3.63) is 34.4 Å². The topological polar surface area (TPSA) is 110 Å². The summed E-state index contributed by atoms with van der Waals surface area (Å²) in [7, 11) is -3.99. The smallest absolute Gasteiger partial charge is 0.289 e. The van der Waals surface area contributed by atoms with E-state index in [0.717, 1.165) is 6.07 Å². The van der Waals surface area contributed by atoms with Gasteiger partial charge in [0.25, 0.3) is 5.69 Å². The Balaban J connectivity index is 3.11. The molecule has 0 saturated heterocycles. The third kappa shape index (κ3) is 3.72. The van der Waals surface area contributed by atoms with E-state index < -0.39 is 26.7 Å². The fourth-order valence-electron chi connectivity index (χ4n) is 1.42. The molecule has 0 aliphatic rings. The molecule has 0 amide bonds. The van der Waals surface area contributed by atoms with Gasteiger partial charge in [-0.05, 0) is 18.9 Å². The minimum atomic E-state index is -3.99. The fourth-order valence-corrected chi connectivity index (χ4v) is 2.94. The Morgan fingerprint density at radius 2 is 1.95 bits per heavy atom. The van der Waals surface area contributed by atoms with E-state index in [1.54, 1.807) is 13.8 Å². The second-order valence-electron chi connectivity index (χ2n) is 4.29. The second kappa shape index (κ2) is 6.09. The summed E-state index contributed by atoms with van der Waals surface area (Å²) in [4.78, 5) is 9.70. The number of hydrogen-bond acceptors (Lipinski definition) is 5. The number of benzene rings is 1. The molecule has 0 radical (unpaired) electrons. The van der Waals surface area contributed by atoms with Crippen LogP contribution >= 0.6 is 0 Å². The number of nitrogens with one attached hydrogen (secondary N) is 1. The first-order valence-electron chi connectivity index (χ1n) is 5.66. The van der Waals surface area contributed by atoms with Gasteiger partial charge in [0.05, 0.1) is 4.92 Å². The van der Waals surface area contributed by atoms with Gasteiger partial charge in [0, 0.05) is 18.7 Å².